The molecule has 2 aromatic carbocycles. The van der Waals surface area contributed by atoms with Gasteiger partial charge in [-0.3, -0.25) is 4.57 Å². The molecule has 0 aliphatic rings. The highest BCUT2D eigenvalue weighted by atomic mass is 32.2. The maximum atomic E-state index is 12.9. The molecule has 8 heteroatoms. The summed E-state index contributed by atoms with van der Waals surface area (Å²) in [6.07, 6.45) is -2.64. The zero-order valence-corrected chi connectivity index (χ0v) is 17.6. The Labute approximate surface area is 177 Å². The minimum absolute atomic E-state index is 0.230. The average Bonchev–Trinajstić information content (AvgIpc) is 3.09. The van der Waals surface area contributed by atoms with Crippen molar-refractivity contribution in [2.24, 2.45) is 0 Å². The van der Waals surface area contributed by atoms with E-state index in [2.05, 4.69) is 16.8 Å². The fourth-order valence-corrected chi connectivity index (χ4v) is 3.69. The van der Waals surface area contributed by atoms with Gasteiger partial charge < -0.3 is 4.74 Å². The lowest BCUT2D eigenvalue weighted by Crippen LogP contribution is -2.08. The molecule has 0 radical (unpaired) electrons. The van der Waals surface area contributed by atoms with E-state index in [0.717, 1.165) is 23.4 Å². The molecular weight excluding hydrogens is 411 g/mol. The number of thioether (sulfide) groups is 1. The summed E-state index contributed by atoms with van der Waals surface area (Å²) in [5.41, 5.74) is 2.23. The fourth-order valence-electron chi connectivity index (χ4n) is 2.78. The van der Waals surface area contributed by atoms with Gasteiger partial charge in [0.25, 0.3) is 0 Å². The van der Waals surface area contributed by atoms with Crippen LogP contribution in [-0.2, 0) is 25.1 Å². The van der Waals surface area contributed by atoms with Gasteiger partial charge in [-0.15, -0.1) is 16.8 Å². The number of benzene rings is 2. The predicted molar refractivity (Wildman–Crippen MR) is 111 cm³/mol. The Hall–Kier alpha value is -2.74. The molecule has 0 unspecified atom stereocenters. The minimum atomic E-state index is -4.36. The largest absolute Gasteiger partial charge is 0.486 e. The van der Waals surface area contributed by atoms with Gasteiger partial charge in [-0.2, -0.15) is 13.2 Å². The van der Waals surface area contributed by atoms with E-state index < -0.39 is 11.7 Å². The van der Waals surface area contributed by atoms with Crippen molar-refractivity contribution in [1.29, 1.82) is 0 Å². The Morgan fingerprint density at radius 1 is 1.10 bits per heavy atom. The molecule has 0 atom stereocenters. The average molecular weight is 433 g/mol. The van der Waals surface area contributed by atoms with E-state index in [1.807, 2.05) is 36.6 Å². The lowest BCUT2D eigenvalue weighted by atomic mass is 10.1. The number of alkyl halides is 3. The number of halogens is 3. The molecule has 30 heavy (non-hydrogen) atoms. The summed E-state index contributed by atoms with van der Waals surface area (Å²) in [7, 11) is 0. The van der Waals surface area contributed by atoms with Crippen molar-refractivity contribution in [2.75, 3.05) is 0 Å². The molecule has 0 aliphatic carbocycles. The van der Waals surface area contributed by atoms with Gasteiger partial charge in [0.05, 0.1) is 5.56 Å². The van der Waals surface area contributed by atoms with E-state index in [4.69, 9.17) is 4.74 Å². The summed E-state index contributed by atoms with van der Waals surface area (Å²) < 4.78 is 46.4. The normalized spacial score (nSPS) is 11.5. The molecule has 0 bridgehead atoms. The number of allylic oxidation sites excluding steroid dienone is 1. The summed E-state index contributed by atoms with van der Waals surface area (Å²) in [4.78, 5) is 0. The zero-order chi connectivity index (χ0) is 21.7. The van der Waals surface area contributed by atoms with E-state index in [1.54, 1.807) is 12.1 Å². The van der Waals surface area contributed by atoms with Gasteiger partial charge in [-0.25, -0.2) is 0 Å². The first kappa shape index (κ1) is 22.0. The van der Waals surface area contributed by atoms with Gasteiger partial charge >= 0.3 is 6.18 Å². The predicted octanol–water partition coefficient (Wildman–Crippen LogP) is 5.97. The molecule has 0 fully saturated rings. The first-order chi connectivity index (χ1) is 14.3. The monoisotopic (exact) mass is 433 g/mol. The highest BCUT2D eigenvalue weighted by molar-refractivity contribution is 7.98. The van der Waals surface area contributed by atoms with Gasteiger partial charge in [-0.1, -0.05) is 42.1 Å². The fraction of sp³-hybridized carbons (Fsp3) is 0.273. The number of hydrogen-bond donors (Lipinski definition) is 0. The number of hydrogen-bond acceptors (Lipinski definition) is 4. The second-order valence-corrected chi connectivity index (χ2v) is 7.76. The molecule has 1 heterocycles. The van der Waals surface area contributed by atoms with E-state index in [0.29, 0.717) is 28.8 Å². The standard InChI is InChI=1S/C22H22F3N3OS/c1-4-10-28-20(13-29-19-9-8-15(2)16(3)11-19)26-27-21(28)30-14-17-6-5-7-18(12-17)22(23,24)25/h4-9,11-12H,1,10,13-14H2,2-3H3. The van der Waals surface area contributed by atoms with Crippen LogP contribution < -0.4 is 4.74 Å². The van der Waals surface area contributed by atoms with Crippen molar-refractivity contribution < 1.29 is 17.9 Å². The number of nitrogens with zero attached hydrogens (tertiary/aromatic N) is 3. The van der Waals surface area contributed by atoms with Crippen LogP contribution in [0.1, 0.15) is 28.1 Å². The van der Waals surface area contributed by atoms with Crippen molar-refractivity contribution in [3.05, 3.63) is 83.2 Å². The molecule has 1 aromatic heterocycles. The van der Waals surface area contributed by atoms with Gasteiger partial charge in [0.15, 0.2) is 11.0 Å². The number of aromatic nitrogens is 3. The third-order valence-corrected chi connectivity index (χ3v) is 5.61. The van der Waals surface area contributed by atoms with Crippen LogP contribution in [0.5, 0.6) is 5.75 Å². The van der Waals surface area contributed by atoms with Crippen molar-refractivity contribution in [1.82, 2.24) is 14.8 Å². The van der Waals surface area contributed by atoms with Crippen LogP contribution in [0.3, 0.4) is 0 Å². The molecule has 0 N–H and O–H groups in total. The molecule has 0 aliphatic heterocycles. The summed E-state index contributed by atoms with van der Waals surface area (Å²) in [6.45, 7) is 8.52. The lowest BCUT2D eigenvalue weighted by Gasteiger charge is -2.11. The van der Waals surface area contributed by atoms with Crippen LogP contribution in [0.4, 0.5) is 13.2 Å². The van der Waals surface area contributed by atoms with Gasteiger partial charge in [0, 0.05) is 12.3 Å². The van der Waals surface area contributed by atoms with Crippen LogP contribution in [0.25, 0.3) is 0 Å². The Bertz CT molecular complexity index is 1030. The molecule has 3 rings (SSSR count). The molecule has 0 spiro atoms. The van der Waals surface area contributed by atoms with Crippen molar-refractivity contribution >= 4 is 11.8 Å². The quantitative estimate of drug-likeness (QED) is 0.324. The summed E-state index contributed by atoms with van der Waals surface area (Å²) in [5, 5.41) is 8.99. The van der Waals surface area contributed by atoms with Crippen LogP contribution in [0.15, 0.2) is 60.3 Å². The van der Waals surface area contributed by atoms with Gasteiger partial charge in [0.2, 0.25) is 0 Å². The van der Waals surface area contributed by atoms with E-state index in [-0.39, 0.29) is 6.61 Å². The van der Waals surface area contributed by atoms with E-state index >= 15 is 0 Å². The van der Waals surface area contributed by atoms with Crippen molar-refractivity contribution in [3.63, 3.8) is 0 Å². The number of aryl methyl sites for hydroxylation is 2. The Balaban J connectivity index is 1.71. The zero-order valence-electron chi connectivity index (χ0n) is 16.7. The van der Waals surface area contributed by atoms with E-state index in [1.165, 1.54) is 23.4 Å². The first-order valence-electron chi connectivity index (χ1n) is 9.30. The summed E-state index contributed by atoms with van der Waals surface area (Å²) in [6, 6.07) is 11.2. The maximum absolute atomic E-state index is 12.9. The Kier molecular flexibility index (Phi) is 6.87. The molecule has 158 valence electrons. The molecule has 0 saturated carbocycles. The second-order valence-electron chi connectivity index (χ2n) is 6.82. The number of ether oxygens (including phenoxy) is 1. The SMILES string of the molecule is C=CCn1c(COc2ccc(C)c(C)c2)nnc1SCc1cccc(C(F)(F)F)c1. The molecule has 0 saturated heterocycles. The second kappa shape index (κ2) is 9.38. The summed E-state index contributed by atoms with van der Waals surface area (Å²) in [5.74, 6) is 1.71. The third-order valence-electron chi connectivity index (χ3n) is 4.57. The van der Waals surface area contributed by atoms with Crippen molar-refractivity contribution in [2.45, 2.75) is 44.1 Å². The highest BCUT2D eigenvalue weighted by Crippen LogP contribution is 2.31. The highest BCUT2D eigenvalue weighted by Gasteiger charge is 2.30. The van der Waals surface area contributed by atoms with Gasteiger partial charge in [-0.05, 0) is 48.7 Å². The third kappa shape index (κ3) is 5.44. The van der Waals surface area contributed by atoms with E-state index in [9.17, 15) is 13.2 Å². The molecule has 4 nitrogen and oxygen atoms in total. The van der Waals surface area contributed by atoms with Crippen LogP contribution in [-0.4, -0.2) is 14.8 Å². The molecular formula is C22H22F3N3OS. The lowest BCUT2D eigenvalue weighted by molar-refractivity contribution is -0.137. The minimum Gasteiger partial charge on any atom is -0.486 e. The topological polar surface area (TPSA) is 39.9 Å². The summed E-state index contributed by atoms with van der Waals surface area (Å²) >= 11 is 1.33. The van der Waals surface area contributed by atoms with Crippen LogP contribution in [0.2, 0.25) is 0 Å². The molecule has 3 aromatic rings. The van der Waals surface area contributed by atoms with Crippen LogP contribution in [0, 0.1) is 13.8 Å². The van der Waals surface area contributed by atoms with Crippen molar-refractivity contribution in [3.8, 4) is 5.75 Å². The smallest absolute Gasteiger partial charge is 0.416 e. The molecule has 0 amide bonds. The Morgan fingerprint density at radius 3 is 2.60 bits per heavy atom. The number of rotatable bonds is 8. The maximum Gasteiger partial charge on any atom is 0.416 e. The van der Waals surface area contributed by atoms with Crippen LogP contribution >= 0.6 is 11.8 Å². The van der Waals surface area contributed by atoms with Gasteiger partial charge in [0.1, 0.15) is 12.4 Å². The Morgan fingerprint density at radius 2 is 1.90 bits per heavy atom. The first-order valence-corrected chi connectivity index (χ1v) is 10.3.